The average molecular weight is 176 g/mol. The van der Waals surface area contributed by atoms with Gasteiger partial charge in [-0.15, -0.1) is 0 Å². The lowest BCUT2D eigenvalue weighted by atomic mass is 10.1. The average Bonchev–Trinajstić information content (AvgIpc) is 2.17. The van der Waals surface area contributed by atoms with Crippen LogP contribution < -0.4 is 5.73 Å². The third-order valence-electron chi connectivity index (χ3n) is 1.94. The molecular weight excluding hydrogens is 167 g/mol. The van der Waals surface area contributed by atoms with E-state index in [0.717, 1.165) is 10.9 Å². The molecule has 0 amide bonds. The molecule has 66 valence electrons. The highest BCUT2D eigenvalue weighted by Gasteiger charge is 1.97. The molecule has 3 heteroatoms. The molecule has 2 rings (SSSR count). The standard InChI is InChI=1S/C10H9FN2/c11-9-2-1-8-3-7(5-12)6-13-10(8)4-9/h1-4,6H,5,12H2. The maximum absolute atomic E-state index is 12.8. The molecule has 0 atom stereocenters. The second kappa shape index (κ2) is 3.11. The normalized spacial score (nSPS) is 10.6. The maximum Gasteiger partial charge on any atom is 0.125 e. The van der Waals surface area contributed by atoms with Gasteiger partial charge >= 0.3 is 0 Å². The molecule has 2 aromatic rings. The summed E-state index contributed by atoms with van der Waals surface area (Å²) in [6.45, 7) is 0.459. The molecular formula is C10H9FN2. The summed E-state index contributed by atoms with van der Waals surface area (Å²) in [6.07, 6.45) is 1.67. The monoisotopic (exact) mass is 176 g/mol. The van der Waals surface area contributed by atoms with Crippen molar-refractivity contribution in [3.63, 3.8) is 0 Å². The first-order valence-electron chi connectivity index (χ1n) is 4.04. The number of nitrogens with two attached hydrogens (primary N) is 1. The molecule has 2 N–H and O–H groups in total. The van der Waals surface area contributed by atoms with Crippen LogP contribution in [0.25, 0.3) is 10.9 Å². The van der Waals surface area contributed by atoms with Crippen LogP contribution in [-0.4, -0.2) is 4.98 Å². The fourth-order valence-corrected chi connectivity index (χ4v) is 1.25. The summed E-state index contributed by atoms with van der Waals surface area (Å²) in [5.41, 5.74) is 7.08. The number of nitrogens with zero attached hydrogens (tertiary/aromatic N) is 1. The second-order valence-corrected chi connectivity index (χ2v) is 2.88. The molecule has 13 heavy (non-hydrogen) atoms. The Labute approximate surface area is 75.2 Å². The molecule has 1 aromatic heterocycles. The molecule has 2 nitrogen and oxygen atoms in total. The number of pyridine rings is 1. The number of rotatable bonds is 1. The van der Waals surface area contributed by atoms with Crippen molar-refractivity contribution in [3.8, 4) is 0 Å². The molecule has 0 bridgehead atoms. The number of hydrogen-bond donors (Lipinski definition) is 1. The third kappa shape index (κ3) is 1.51. The fourth-order valence-electron chi connectivity index (χ4n) is 1.25. The predicted molar refractivity (Wildman–Crippen MR) is 49.6 cm³/mol. The van der Waals surface area contributed by atoms with E-state index in [9.17, 15) is 4.39 Å². The molecule has 1 aromatic carbocycles. The maximum atomic E-state index is 12.8. The molecule has 1 heterocycles. The van der Waals surface area contributed by atoms with Crippen LogP contribution in [0, 0.1) is 5.82 Å². The van der Waals surface area contributed by atoms with E-state index < -0.39 is 0 Å². The van der Waals surface area contributed by atoms with Gasteiger partial charge in [-0.05, 0) is 23.8 Å². The highest BCUT2D eigenvalue weighted by Crippen LogP contribution is 2.14. The number of halogens is 1. The van der Waals surface area contributed by atoms with Crippen molar-refractivity contribution in [1.82, 2.24) is 4.98 Å². The van der Waals surface area contributed by atoms with Crippen molar-refractivity contribution in [2.45, 2.75) is 6.54 Å². The number of benzene rings is 1. The zero-order valence-corrected chi connectivity index (χ0v) is 7.00. The largest absolute Gasteiger partial charge is 0.326 e. The van der Waals surface area contributed by atoms with Crippen molar-refractivity contribution in [1.29, 1.82) is 0 Å². The molecule has 0 fully saturated rings. The number of aromatic nitrogens is 1. The Balaban J connectivity index is 2.66. The van der Waals surface area contributed by atoms with E-state index in [1.54, 1.807) is 12.3 Å². The van der Waals surface area contributed by atoms with E-state index in [1.807, 2.05) is 6.07 Å². The summed E-state index contributed by atoms with van der Waals surface area (Å²) in [5.74, 6) is -0.263. The smallest absolute Gasteiger partial charge is 0.125 e. The van der Waals surface area contributed by atoms with Gasteiger partial charge < -0.3 is 5.73 Å². The Bertz CT molecular complexity index is 440. The van der Waals surface area contributed by atoms with E-state index in [4.69, 9.17) is 5.73 Å². The highest BCUT2D eigenvalue weighted by atomic mass is 19.1. The van der Waals surface area contributed by atoms with Gasteiger partial charge in [0.25, 0.3) is 0 Å². The van der Waals surface area contributed by atoms with Gasteiger partial charge in [-0.1, -0.05) is 0 Å². The zero-order valence-electron chi connectivity index (χ0n) is 7.00. The molecule has 0 saturated carbocycles. The molecule has 0 spiro atoms. The van der Waals surface area contributed by atoms with Gasteiger partial charge in [0, 0.05) is 24.2 Å². The summed E-state index contributed by atoms with van der Waals surface area (Å²) in [5, 5.41) is 0.921. The van der Waals surface area contributed by atoms with Crippen LogP contribution in [0.2, 0.25) is 0 Å². The molecule has 0 aliphatic rings. The van der Waals surface area contributed by atoms with E-state index in [0.29, 0.717) is 12.1 Å². The lowest BCUT2D eigenvalue weighted by molar-refractivity contribution is 0.629. The Kier molecular flexibility index (Phi) is 1.94. The SMILES string of the molecule is NCc1cnc2cc(F)ccc2c1. The quantitative estimate of drug-likeness (QED) is 0.720. The molecule has 0 radical (unpaired) electrons. The fraction of sp³-hybridized carbons (Fsp3) is 0.100. The van der Waals surface area contributed by atoms with Crippen molar-refractivity contribution in [2.24, 2.45) is 5.73 Å². The van der Waals surface area contributed by atoms with Crippen LogP contribution in [0.1, 0.15) is 5.56 Å². The lowest BCUT2D eigenvalue weighted by Gasteiger charge is -1.99. The highest BCUT2D eigenvalue weighted by molar-refractivity contribution is 5.78. The molecule has 0 aliphatic heterocycles. The first-order chi connectivity index (χ1) is 6.29. The van der Waals surface area contributed by atoms with Gasteiger partial charge in [-0.25, -0.2) is 4.39 Å². The van der Waals surface area contributed by atoms with Gasteiger partial charge in [-0.3, -0.25) is 4.98 Å². The molecule has 0 saturated heterocycles. The van der Waals surface area contributed by atoms with E-state index in [1.165, 1.54) is 12.1 Å². The van der Waals surface area contributed by atoms with Crippen LogP contribution in [-0.2, 0) is 6.54 Å². The summed E-state index contributed by atoms with van der Waals surface area (Å²) >= 11 is 0. The van der Waals surface area contributed by atoms with Gasteiger partial charge in [-0.2, -0.15) is 0 Å². The Morgan fingerprint density at radius 2 is 2.15 bits per heavy atom. The van der Waals surface area contributed by atoms with Crippen LogP contribution in [0.3, 0.4) is 0 Å². The summed E-state index contributed by atoms with van der Waals surface area (Å²) in [4.78, 5) is 4.09. The topological polar surface area (TPSA) is 38.9 Å². The van der Waals surface area contributed by atoms with Crippen LogP contribution >= 0.6 is 0 Å². The van der Waals surface area contributed by atoms with Gasteiger partial charge in [0.2, 0.25) is 0 Å². The van der Waals surface area contributed by atoms with Crippen LogP contribution in [0.4, 0.5) is 4.39 Å². The van der Waals surface area contributed by atoms with Gasteiger partial charge in [0.05, 0.1) is 5.52 Å². The van der Waals surface area contributed by atoms with Gasteiger partial charge in [0.1, 0.15) is 5.82 Å². The number of hydrogen-bond acceptors (Lipinski definition) is 2. The Morgan fingerprint density at radius 3 is 2.92 bits per heavy atom. The van der Waals surface area contributed by atoms with E-state index in [-0.39, 0.29) is 5.82 Å². The predicted octanol–water partition coefficient (Wildman–Crippen LogP) is 1.83. The molecule has 0 aliphatic carbocycles. The zero-order chi connectivity index (χ0) is 9.26. The van der Waals surface area contributed by atoms with E-state index in [2.05, 4.69) is 4.98 Å². The first-order valence-corrected chi connectivity index (χ1v) is 4.04. The first kappa shape index (κ1) is 8.13. The Hall–Kier alpha value is -1.48. The van der Waals surface area contributed by atoms with Crippen molar-refractivity contribution < 1.29 is 4.39 Å². The minimum absolute atomic E-state index is 0.263. The second-order valence-electron chi connectivity index (χ2n) is 2.88. The van der Waals surface area contributed by atoms with Crippen LogP contribution in [0.15, 0.2) is 30.5 Å². The number of fused-ring (bicyclic) bond motifs is 1. The Morgan fingerprint density at radius 1 is 1.31 bits per heavy atom. The van der Waals surface area contributed by atoms with Crippen molar-refractivity contribution in [3.05, 3.63) is 41.8 Å². The molecule has 0 unspecified atom stereocenters. The minimum Gasteiger partial charge on any atom is -0.326 e. The van der Waals surface area contributed by atoms with Crippen LogP contribution in [0.5, 0.6) is 0 Å². The minimum atomic E-state index is -0.263. The summed E-state index contributed by atoms with van der Waals surface area (Å²) in [6, 6.07) is 6.46. The third-order valence-corrected chi connectivity index (χ3v) is 1.94. The van der Waals surface area contributed by atoms with Gasteiger partial charge in [0.15, 0.2) is 0 Å². The van der Waals surface area contributed by atoms with E-state index >= 15 is 0 Å². The van der Waals surface area contributed by atoms with Crippen molar-refractivity contribution in [2.75, 3.05) is 0 Å². The lowest BCUT2D eigenvalue weighted by Crippen LogP contribution is -1.96. The summed E-state index contributed by atoms with van der Waals surface area (Å²) in [7, 11) is 0. The summed E-state index contributed by atoms with van der Waals surface area (Å²) < 4.78 is 12.8. The van der Waals surface area contributed by atoms with Crippen molar-refractivity contribution >= 4 is 10.9 Å².